The molecule has 0 aromatic rings. The van der Waals surface area contributed by atoms with E-state index < -0.39 is 5.41 Å². The van der Waals surface area contributed by atoms with Gasteiger partial charge in [0.05, 0.1) is 11.5 Å². The first-order valence-electron chi connectivity index (χ1n) is 3.57. The standard InChI is InChI=1S/C10H11N/c1-8-5-4-6-10(3,7-11)9(8)2/h4-6H,2H2,1,3H3. The monoisotopic (exact) mass is 145 g/mol. The summed E-state index contributed by atoms with van der Waals surface area (Å²) in [6.45, 7) is 7.73. The van der Waals surface area contributed by atoms with Crippen molar-refractivity contribution in [3.05, 3.63) is 36.0 Å². The fraction of sp³-hybridized carbons (Fsp3) is 0.300. The molecule has 0 saturated heterocycles. The summed E-state index contributed by atoms with van der Waals surface area (Å²) in [4.78, 5) is 0. The number of nitriles is 1. The van der Waals surface area contributed by atoms with Crippen LogP contribution < -0.4 is 0 Å². The van der Waals surface area contributed by atoms with Gasteiger partial charge in [-0.1, -0.05) is 24.8 Å². The molecular formula is C10H11N. The van der Waals surface area contributed by atoms with E-state index in [2.05, 4.69) is 12.6 Å². The van der Waals surface area contributed by atoms with Gasteiger partial charge >= 0.3 is 0 Å². The molecule has 56 valence electrons. The molecule has 1 aliphatic rings. The maximum absolute atomic E-state index is 8.85. The van der Waals surface area contributed by atoms with Gasteiger partial charge in [0.1, 0.15) is 0 Å². The zero-order valence-electron chi connectivity index (χ0n) is 6.89. The Labute approximate surface area is 67.3 Å². The smallest absolute Gasteiger partial charge is 0.0974 e. The Hall–Kier alpha value is -1.29. The van der Waals surface area contributed by atoms with Crippen LogP contribution in [-0.4, -0.2) is 0 Å². The zero-order chi connectivity index (χ0) is 8.48. The molecule has 1 atom stereocenters. The quantitative estimate of drug-likeness (QED) is 0.514. The van der Waals surface area contributed by atoms with Crippen molar-refractivity contribution in [2.45, 2.75) is 13.8 Å². The van der Waals surface area contributed by atoms with Crippen LogP contribution in [0.15, 0.2) is 36.0 Å². The van der Waals surface area contributed by atoms with Crippen molar-refractivity contribution >= 4 is 0 Å². The predicted molar refractivity (Wildman–Crippen MR) is 45.8 cm³/mol. The summed E-state index contributed by atoms with van der Waals surface area (Å²) in [7, 11) is 0. The van der Waals surface area contributed by atoms with E-state index in [9.17, 15) is 0 Å². The highest BCUT2D eigenvalue weighted by atomic mass is 14.4. The van der Waals surface area contributed by atoms with Crippen LogP contribution >= 0.6 is 0 Å². The molecule has 0 aromatic carbocycles. The molecule has 0 spiro atoms. The third-order valence-electron chi connectivity index (χ3n) is 2.11. The SMILES string of the molecule is C=C1C(C)=CC=CC1(C)C#N. The molecule has 1 rings (SSSR count). The summed E-state index contributed by atoms with van der Waals surface area (Å²) < 4.78 is 0. The van der Waals surface area contributed by atoms with Gasteiger partial charge < -0.3 is 0 Å². The van der Waals surface area contributed by atoms with Crippen molar-refractivity contribution in [3.8, 4) is 6.07 Å². The molecule has 0 fully saturated rings. The van der Waals surface area contributed by atoms with Gasteiger partial charge in [-0.25, -0.2) is 0 Å². The van der Waals surface area contributed by atoms with Gasteiger partial charge in [0, 0.05) is 0 Å². The van der Waals surface area contributed by atoms with Crippen molar-refractivity contribution in [2.75, 3.05) is 0 Å². The van der Waals surface area contributed by atoms with E-state index in [1.807, 2.05) is 32.1 Å². The summed E-state index contributed by atoms with van der Waals surface area (Å²) in [6, 6.07) is 2.23. The third kappa shape index (κ3) is 1.12. The minimum absolute atomic E-state index is 0.487. The molecule has 0 heterocycles. The fourth-order valence-electron chi connectivity index (χ4n) is 1.10. The largest absolute Gasteiger partial charge is 0.197 e. The Bertz CT molecular complexity index is 288. The molecule has 1 heteroatoms. The van der Waals surface area contributed by atoms with E-state index in [0.717, 1.165) is 11.1 Å². The van der Waals surface area contributed by atoms with Gasteiger partial charge in [0.25, 0.3) is 0 Å². The molecule has 0 aliphatic heterocycles. The van der Waals surface area contributed by atoms with Crippen LogP contribution in [0.5, 0.6) is 0 Å². The summed E-state index contributed by atoms with van der Waals surface area (Å²) >= 11 is 0. The molecule has 0 aromatic heterocycles. The maximum Gasteiger partial charge on any atom is 0.0974 e. The number of nitrogens with zero attached hydrogens (tertiary/aromatic N) is 1. The molecule has 0 bridgehead atoms. The lowest BCUT2D eigenvalue weighted by molar-refractivity contribution is 0.684. The van der Waals surface area contributed by atoms with E-state index in [4.69, 9.17) is 5.26 Å². The van der Waals surface area contributed by atoms with Gasteiger partial charge in [-0.3, -0.25) is 0 Å². The number of hydrogen-bond acceptors (Lipinski definition) is 1. The summed E-state index contributed by atoms with van der Waals surface area (Å²) in [5.41, 5.74) is 1.51. The topological polar surface area (TPSA) is 23.8 Å². The van der Waals surface area contributed by atoms with Gasteiger partial charge in [0.15, 0.2) is 0 Å². The maximum atomic E-state index is 8.85. The Kier molecular flexibility index (Phi) is 1.70. The first kappa shape index (κ1) is 7.81. The first-order valence-corrected chi connectivity index (χ1v) is 3.57. The Morgan fingerprint density at radius 1 is 1.64 bits per heavy atom. The fourth-order valence-corrected chi connectivity index (χ4v) is 1.10. The molecule has 0 radical (unpaired) electrons. The van der Waals surface area contributed by atoms with E-state index in [0.29, 0.717) is 0 Å². The van der Waals surface area contributed by atoms with Crippen LogP contribution in [0, 0.1) is 16.7 Å². The van der Waals surface area contributed by atoms with Crippen LogP contribution in [0.1, 0.15) is 13.8 Å². The van der Waals surface area contributed by atoms with Crippen LogP contribution in [0.4, 0.5) is 0 Å². The Morgan fingerprint density at radius 3 is 2.73 bits per heavy atom. The Balaban J connectivity index is 3.11. The highest BCUT2D eigenvalue weighted by molar-refractivity contribution is 5.46. The predicted octanol–water partition coefficient (Wildman–Crippen LogP) is 2.59. The van der Waals surface area contributed by atoms with Crippen molar-refractivity contribution in [2.24, 2.45) is 5.41 Å². The highest BCUT2D eigenvalue weighted by Crippen LogP contribution is 2.34. The van der Waals surface area contributed by atoms with Crippen molar-refractivity contribution < 1.29 is 0 Å². The molecule has 0 amide bonds. The summed E-state index contributed by atoms with van der Waals surface area (Å²) in [5.74, 6) is 0. The van der Waals surface area contributed by atoms with Gasteiger partial charge in [0.2, 0.25) is 0 Å². The van der Waals surface area contributed by atoms with Gasteiger partial charge in [-0.2, -0.15) is 5.26 Å². The first-order chi connectivity index (χ1) is 5.10. The lowest BCUT2D eigenvalue weighted by Crippen LogP contribution is -2.15. The number of rotatable bonds is 0. The average Bonchev–Trinajstić information content (AvgIpc) is 2.00. The lowest BCUT2D eigenvalue weighted by Gasteiger charge is -2.23. The normalized spacial score (nSPS) is 29.5. The minimum Gasteiger partial charge on any atom is -0.197 e. The molecule has 0 N–H and O–H groups in total. The van der Waals surface area contributed by atoms with E-state index in [1.165, 1.54) is 0 Å². The van der Waals surface area contributed by atoms with E-state index in [1.54, 1.807) is 0 Å². The molecular weight excluding hydrogens is 134 g/mol. The van der Waals surface area contributed by atoms with Crippen LogP contribution in [0.2, 0.25) is 0 Å². The lowest BCUT2D eigenvalue weighted by atomic mass is 9.78. The zero-order valence-corrected chi connectivity index (χ0v) is 6.89. The van der Waals surface area contributed by atoms with Gasteiger partial charge in [-0.05, 0) is 25.0 Å². The molecule has 1 nitrogen and oxygen atoms in total. The third-order valence-corrected chi connectivity index (χ3v) is 2.11. The summed E-state index contributed by atoms with van der Waals surface area (Å²) in [5, 5.41) is 8.85. The summed E-state index contributed by atoms with van der Waals surface area (Å²) in [6.07, 6.45) is 5.76. The molecule has 1 aliphatic carbocycles. The molecule has 11 heavy (non-hydrogen) atoms. The molecule has 1 unspecified atom stereocenters. The minimum atomic E-state index is -0.487. The van der Waals surface area contributed by atoms with Crippen molar-refractivity contribution in [1.82, 2.24) is 0 Å². The number of allylic oxidation sites excluding steroid dienone is 5. The van der Waals surface area contributed by atoms with Gasteiger partial charge in [-0.15, -0.1) is 0 Å². The van der Waals surface area contributed by atoms with E-state index >= 15 is 0 Å². The van der Waals surface area contributed by atoms with Crippen molar-refractivity contribution in [1.29, 1.82) is 5.26 Å². The second-order valence-electron chi connectivity index (χ2n) is 3.00. The average molecular weight is 145 g/mol. The van der Waals surface area contributed by atoms with E-state index in [-0.39, 0.29) is 0 Å². The van der Waals surface area contributed by atoms with Crippen LogP contribution in [-0.2, 0) is 0 Å². The Morgan fingerprint density at radius 2 is 2.27 bits per heavy atom. The highest BCUT2D eigenvalue weighted by Gasteiger charge is 2.26. The second-order valence-corrected chi connectivity index (χ2v) is 3.00. The molecule has 0 saturated carbocycles. The second kappa shape index (κ2) is 2.39. The van der Waals surface area contributed by atoms with Crippen LogP contribution in [0.25, 0.3) is 0 Å². The van der Waals surface area contributed by atoms with Crippen molar-refractivity contribution in [3.63, 3.8) is 0 Å². The number of hydrogen-bond donors (Lipinski definition) is 0. The van der Waals surface area contributed by atoms with Crippen LogP contribution in [0.3, 0.4) is 0 Å².